The summed E-state index contributed by atoms with van der Waals surface area (Å²) in [7, 11) is 1.95. The first-order chi connectivity index (χ1) is 8.24. The van der Waals surface area contributed by atoms with Crippen LogP contribution >= 0.6 is 0 Å². The van der Waals surface area contributed by atoms with Gasteiger partial charge in [0.25, 0.3) is 0 Å². The number of hydrogen-bond acceptors (Lipinski definition) is 3. The fraction of sp³-hybridized carbons (Fsp3) is 0.385. The Morgan fingerprint density at radius 1 is 1.29 bits per heavy atom. The summed E-state index contributed by atoms with van der Waals surface area (Å²) in [5.74, 6) is 0.970. The molecule has 0 bridgehead atoms. The lowest BCUT2D eigenvalue weighted by Gasteiger charge is -2.05. The molecule has 0 spiro atoms. The zero-order valence-electron chi connectivity index (χ0n) is 10.1. The Bertz CT molecular complexity index is 523. The molecule has 0 atom stereocenters. The van der Waals surface area contributed by atoms with E-state index >= 15 is 0 Å². The highest BCUT2D eigenvalue weighted by molar-refractivity contribution is 5.65. The molecule has 1 fully saturated rings. The maximum Gasteiger partial charge on any atom is 0.126 e. The van der Waals surface area contributed by atoms with E-state index in [4.69, 9.17) is 0 Å². The van der Waals surface area contributed by atoms with E-state index in [9.17, 15) is 0 Å². The Hall–Kier alpha value is -1.84. The molecule has 4 heteroatoms. The van der Waals surface area contributed by atoms with Crippen LogP contribution in [-0.2, 0) is 7.05 Å². The number of hydrogen-bond donors (Lipinski definition) is 1. The summed E-state index contributed by atoms with van der Waals surface area (Å²) in [5, 5.41) is 7.63. The van der Waals surface area contributed by atoms with Crippen molar-refractivity contribution >= 4 is 5.82 Å². The molecule has 0 unspecified atom stereocenters. The minimum absolute atomic E-state index is 0.647. The summed E-state index contributed by atoms with van der Waals surface area (Å²) in [6, 6.07) is 4.79. The Morgan fingerprint density at radius 2 is 2.12 bits per heavy atom. The van der Waals surface area contributed by atoms with Gasteiger partial charge in [-0.2, -0.15) is 5.10 Å². The Kier molecular flexibility index (Phi) is 2.35. The fourth-order valence-corrected chi connectivity index (χ4v) is 1.86. The van der Waals surface area contributed by atoms with Crippen molar-refractivity contribution in [2.45, 2.75) is 25.8 Å². The molecule has 17 heavy (non-hydrogen) atoms. The van der Waals surface area contributed by atoms with Crippen molar-refractivity contribution < 1.29 is 0 Å². The van der Waals surface area contributed by atoms with Crippen molar-refractivity contribution in [2.24, 2.45) is 7.05 Å². The minimum Gasteiger partial charge on any atom is -0.367 e. The van der Waals surface area contributed by atoms with Gasteiger partial charge < -0.3 is 5.32 Å². The molecule has 1 aliphatic rings. The van der Waals surface area contributed by atoms with Crippen LogP contribution in [0.2, 0.25) is 0 Å². The van der Waals surface area contributed by atoms with Crippen LogP contribution in [0.15, 0.2) is 24.5 Å². The number of aryl methyl sites for hydroxylation is 1. The van der Waals surface area contributed by atoms with Gasteiger partial charge in [0.2, 0.25) is 0 Å². The van der Waals surface area contributed by atoms with Crippen LogP contribution < -0.4 is 5.32 Å². The number of rotatable bonds is 3. The number of nitrogens with zero attached hydrogens (tertiary/aromatic N) is 3. The van der Waals surface area contributed by atoms with Crippen molar-refractivity contribution in [3.63, 3.8) is 0 Å². The monoisotopic (exact) mass is 228 g/mol. The first-order valence-corrected chi connectivity index (χ1v) is 5.95. The van der Waals surface area contributed by atoms with Crippen molar-refractivity contribution in [1.82, 2.24) is 14.8 Å². The van der Waals surface area contributed by atoms with E-state index in [0.717, 1.165) is 22.6 Å². The molecule has 0 radical (unpaired) electrons. The number of aromatic nitrogens is 3. The molecular weight excluding hydrogens is 212 g/mol. The highest BCUT2D eigenvalue weighted by atomic mass is 15.3. The average Bonchev–Trinajstić information content (AvgIpc) is 3.09. The van der Waals surface area contributed by atoms with Gasteiger partial charge in [0, 0.05) is 36.1 Å². The summed E-state index contributed by atoms with van der Waals surface area (Å²) < 4.78 is 1.88. The SMILES string of the molecule is Cc1c(-c2ccc(NC3CC3)nc2)cnn1C. The Balaban J connectivity index is 1.85. The van der Waals surface area contributed by atoms with E-state index in [2.05, 4.69) is 28.4 Å². The Morgan fingerprint density at radius 3 is 2.65 bits per heavy atom. The van der Waals surface area contributed by atoms with Gasteiger partial charge in [-0.15, -0.1) is 0 Å². The van der Waals surface area contributed by atoms with Crippen LogP contribution in [0.1, 0.15) is 18.5 Å². The van der Waals surface area contributed by atoms with E-state index < -0.39 is 0 Å². The normalized spacial score (nSPS) is 14.9. The molecule has 3 rings (SSSR count). The highest BCUT2D eigenvalue weighted by Crippen LogP contribution is 2.26. The average molecular weight is 228 g/mol. The van der Waals surface area contributed by atoms with Crippen molar-refractivity contribution in [2.75, 3.05) is 5.32 Å². The molecule has 0 aromatic carbocycles. The van der Waals surface area contributed by atoms with Crippen LogP contribution in [0.3, 0.4) is 0 Å². The molecule has 88 valence electrons. The van der Waals surface area contributed by atoms with Crippen LogP contribution in [-0.4, -0.2) is 20.8 Å². The predicted octanol–water partition coefficient (Wildman–Crippen LogP) is 2.36. The molecule has 1 saturated carbocycles. The van der Waals surface area contributed by atoms with Gasteiger partial charge >= 0.3 is 0 Å². The van der Waals surface area contributed by atoms with Gasteiger partial charge in [-0.1, -0.05) is 0 Å². The van der Waals surface area contributed by atoms with Crippen LogP contribution in [0, 0.1) is 6.92 Å². The van der Waals surface area contributed by atoms with Crippen LogP contribution in [0.5, 0.6) is 0 Å². The zero-order chi connectivity index (χ0) is 11.8. The molecule has 0 aliphatic heterocycles. The second-order valence-corrected chi connectivity index (χ2v) is 4.62. The summed E-state index contributed by atoms with van der Waals surface area (Å²) >= 11 is 0. The number of pyridine rings is 1. The lowest BCUT2D eigenvalue weighted by atomic mass is 10.1. The van der Waals surface area contributed by atoms with Crippen molar-refractivity contribution in [3.8, 4) is 11.1 Å². The highest BCUT2D eigenvalue weighted by Gasteiger charge is 2.21. The topological polar surface area (TPSA) is 42.7 Å². The summed E-state index contributed by atoms with van der Waals surface area (Å²) in [6.07, 6.45) is 6.34. The summed E-state index contributed by atoms with van der Waals surface area (Å²) in [4.78, 5) is 4.44. The van der Waals surface area contributed by atoms with Gasteiger partial charge in [0.1, 0.15) is 5.82 Å². The molecule has 1 aliphatic carbocycles. The van der Waals surface area contributed by atoms with Crippen LogP contribution in [0.4, 0.5) is 5.82 Å². The third-order valence-electron chi connectivity index (χ3n) is 3.24. The number of nitrogens with one attached hydrogen (secondary N) is 1. The first-order valence-electron chi connectivity index (χ1n) is 5.95. The molecule has 4 nitrogen and oxygen atoms in total. The molecule has 2 aromatic heterocycles. The smallest absolute Gasteiger partial charge is 0.126 e. The standard InChI is InChI=1S/C13H16N4/c1-9-12(8-15-17(9)2)10-3-6-13(14-7-10)16-11-4-5-11/h3,6-8,11H,4-5H2,1-2H3,(H,14,16). The van der Waals surface area contributed by atoms with Gasteiger partial charge in [0.15, 0.2) is 0 Å². The van der Waals surface area contributed by atoms with E-state index in [0.29, 0.717) is 6.04 Å². The molecule has 1 N–H and O–H groups in total. The molecular formula is C13H16N4. The second kappa shape index (κ2) is 3.87. The third-order valence-corrected chi connectivity index (χ3v) is 3.24. The zero-order valence-corrected chi connectivity index (χ0v) is 10.1. The maximum absolute atomic E-state index is 4.44. The number of anilines is 1. The largest absolute Gasteiger partial charge is 0.367 e. The summed E-state index contributed by atoms with van der Waals surface area (Å²) in [5.41, 5.74) is 3.43. The predicted molar refractivity (Wildman–Crippen MR) is 67.8 cm³/mol. The van der Waals surface area contributed by atoms with Crippen molar-refractivity contribution in [1.29, 1.82) is 0 Å². The lowest BCUT2D eigenvalue weighted by Crippen LogP contribution is -2.02. The van der Waals surface area contributed by atoms with E-state index in [1.807, 2.05) is 30.2 Å². The summed E-state index contributed by atoms with van der Waals surface area (Å²) in [6.45, 7) is 2.07. The molecule has 0 saturated heterocycles. The molecule has 0 amide bonds. The van der Waals surface area contributed by atoms with Crippen molar-refractivity contribution in [3.05, 3.63) is 30.2 Å². The first kappa shape index (κ1) is 10.3. The Labute approximate surface area is 101 Å². The van der Waals surface area contributed by atoms with Gasteiger partial charge in [-0.3, -0.25) is 4.68 Å². The third kappa shape index (κ3) is 2.02. The fourth-order valence-electron chi connectivity index (χ4n) is 1.86. The van der Waals surface area contributed by atoms with Crippen LogP contribution in [0.25, 0.3) is 11.1 Å². The quantitative estimate of drug-likeness (QED) is 0.877. The second-order valence-electron chi connectivity index (χ2n) is 4.62. The minimum atomic E-state index is 0.647. The lowest BCUT2D eigenvalue weighted by molar-refractivity contribution is 0.740. The molecule has 2 heterocycles. The van der Waals surface area contributed by atoms with Gasteiger partial charge in [-0.25, -0.2) is 4.98 Å². The van der Waals surface area contributed by atoms with E-state index in [1.165, 1.54) is 12.8 Å². The molecule has 2 aromatic rings. The van der Waals surface area contributed by atoms with Gasteiger partial charge in [0.05, 0.1) is 6.20 Å². The van der Waals surface area contributed by atoms with Gasteiger partial charge in [-0.05, 0) is 31.9 Å². The van der Waals surface area contributed by atoms with E-state index in [1.54, 1.807) is 0 Å². The van der Waals surface area contributed by atoms with E-state index in [-0.39, 0.29) is 0 Å². The maximum atomic E-state index is 4.44.